The smallest absolute Gasteiger partial charge is 0.353 e. The van der Waals surface area contributed by atoms with E-state index in [1.165, 1.54) is 36.7 Å². The molecule has 0 aliphatic carbocycles. The number of hydrogen-bond acceptors (Lipinski definition) is 7. The summed E-state index contributed by atoms with van der Waals surface area (Å²) in [5.74, 6) is -0.901. The number of alkyl halides is 6. The van der Waals surface area contributed by atoms with Crippen molar-refractivity contribution in [2.75, 3.05) is 0 Å². The van der Waals surface area contributed by atoms with Crippen LogP contribution in [0.3, 0.4) is 0 Å². The van der Waals surface area contributed by atoms with Gasteiger partial charge in [0.2, 0.25) is 5.76 Å². The van der Waals surface area contributed by atoms with Crippen LogP contribution >= 0.6 is 11.6 Å². The topological polar surface area (TPSA) is 104 Å². The molecule has 0 saturated heterocycles. The van der Waals surface area contributed by atoms with E-state index in [2.05, 4.69) is 20.5 Å². The number of benzene rings is 2. The summed E-state index contributed by atoms with van der Waals surface area (Å²) in [6, 6.07) is 10.2. The van der Waals surface area contributed by atoms with Crippen molar-refractivity contribution >= 4 is 23.7 Å². The van der Waals surface area contributed by atoms with Crippen LogP contribution in [0.25, 0.3) is 22.7 Å². The Labute approximate surface area is 242 Å². The van der Waals surface area contributed by atoms with Crippen molar-refractivity contribution in [3.63, 3.8) is 0 Å². The van der Waals surface area contributed by atoms with Crippen LogP contribution in [0.5, 0.6) is 0 Å². The highest BCUT2D eigenvalue weighted by molar-refractivity contribution is 6.35. The number of ketones is 1. The molecule has 5 rings (SSSR count). The van der Waals surface area contributed by atoms with Crippen LogP contribution in [0, 0.1) is 0 Å². The summed E-state index contributed by atoms with van der Waals surface area (Å²) >= 11 is 6.23. The lowest BCUT2D eigenvalue weighted by Crippen LogP contribution is -2.13. The average Bonchev–Trinajstić information content (AvgIpc) is 3.56. The predicted molar refractivity (Wildman–Crippen MR) is 139 cm³/mol. The van der Waals surface area contributed by atoms with E-state index in [0.29, 0.717) is 24.0 Å². The number of halogens is 7. The first-order chi connectivity index (χ1) is 20.4. The van der Waals surface area contributed by atoms with Gasteiger partial charge in [-0.1, -0.05) is 34.1 Å². The Balaban J connectivity index is 1.70. The Kier molecular flexibility index (Phi) is 7.88. The minimum Gasteiger partial charge on any atom is -0.353 e. The first-order valence-electron chi connectivity index (χ1n) is 12.2. The molecule has 0 saturated carbocycles. The average molecular weight is 620 g/mol. The van der Waals surface area contributed by atoms with Crippen molar-refractivity contribution in [3.05, 3.63) is 106 Å². The van der Waals surface area contributed by atoms with E-state index in [1.54, 1.807) is 12.1 Å². The van der Waals surface area contributed by atoms with Crippen LogP contribution in [0.4, 0.5) is 26.3 Å². The Hall–Kier alpha value is -4.85. The lowest BCUT2D eigenvalue weighted by atomic mass is 9.97. The molecule has 43 heavy (non-hydrogen) atoms. The lowest BCUT2D eigenvalue weighted by molar-refractivity contribution is -0.143. The molecule has 0 amide bonds. The van der Waals surface area contributed by atoms with Gasteiger partial charge in [0.1, 0.15) is 17.7 Å². The van der Waals surface area contributed by atoms with Gasteiger partial charge in [0.15, 0.2) is 11.5 Å². The fourth-order valence-electron chi connectivity index (χ4n) is 4.37. The highest BCUT2D eigenvalue weighted by Crippen LogP contribution is 2.38. The monoisotopic (exact) mass is 619 g/mol. The maximum Gasteiger partial charge on any atom is 0.416 e. The van der Waals surface area contributed by atoms with E-state index >= 15 is 0 Å². The van der Waals surface area contributed by atoms with Gasteiger partial charge in [0, 0.05) is 29.9 Å². The highest BCUT2D eigenvalue weighted by Gasteiger charge is 2.37. The van der Waals surface area contributed by atoms with Crippen LogP contribution in [0.1, 0.15) is 38.3 Å². The number of aldehydes is 1. The fourth-order valence-corrected chi connectivity index (χ4v) is 4.59. The summed E-state index contributed by atoms with van der Waals surface area (Å²) in [7, 11) is 0. The third-order valence-electron chi connectivity index (χ3n) is 6.27. The van der Waals surface area contributed by atoms with Crippen molar-refractivity contribution in [2.45, 2.75) is 25.3 Å². The van der Waals surface area contributed by atoms with Gasteiger partial charge in [-0.25, -0.2) is 4.68 Å². The first-order valence-corrected chi connectivity index (χ1v) is 12.6. The normalized spacial score (nSPS) is 12.0. The second-order valence-corrected chi connectivity index (χ2v) is 9.51. The van der Waals surface area contributed by atoms with Crippen LogP contribution in [-0.2, 0) is 30.1 Å². The van der Waals surface area contributed by atoms with Gasteiger partial charge >= 0.3 is 12.4 Å². The molecule has 3 heterocycles. The molecule has 0 spiro atoms. The van der Waals surface area contributed by atoms with Crippen LogP contribution < -0.4 is 0 Å². The van der Waals surface area contributed by atoms with Gasteiger partial charge < -0.3 is 9.32 Å². The van der Waals surface area contributed by atoms with E-state index in [0.717, 1.165) is 4.68 Å². The maximum atomic E-state index is 13.6. The summed E-state index contributed by atoms with van der Waals surface area (Å²) in [5.41, 5.74) is -3.23. The molecule has 3 aromatic heterocycles. The zero-order valence-corrected chi connectivity index (χ0v) is 22.2. The van der Waals surface area contributed by atoms with Gasteiger partial charge in [0.05, 0.1) is 28.3 Å². The molecule has 0 bridgehead atoms. The summed E-state index contributed by atoms with van der Waals surface area (Å²) in [4.78, 5) is 28.9. The van der Waals surface area contributed by atoms with Crippen molar-refractivity contribution < 1.29 is 40.5 Å². The molecule has 0 N–H and O–H groups in total. The summed E-state index contributed by atoms with van der Waals surface area (Å²) in [5, 5.41) is 12.0. The van der Waals surface area contributed by atoms with Crippen molar-refractivity contribution in [1.29, 1.82) is 0 Å². The highest BCUT2D eigenvalue weighted by atomic mass is 35.5. The van der Waals surface area contributed by atoms with E-state index in [9.17, 15) is 35.9 Å². The SMILES string of the molecule is O=CCc1noc(-c2nnn(Cc3cc(C(F)(F)F)cc(C(F)(F)F)c3)c2-c2ccncc2)c1C(=O)c1ccccc1Cl. The Bertz CT molecular complexity index is 1780. The minimum absolute atomic E-state index is 0.0235. The number of carbonyl (C=O) groups is 2. The molecule has 2 aromatic carbocycles. The third-order valence-corrected chi connectivity index (χ3v) is 6.60. The summed E-state index contributed by atoms with van der Waals surface area (Å²) < 4.78 is 87.6. The zero-order valence-electron chi connectivity index (χ0n) is 21.4. The number of rotatable bonds is 8. The maximum absolute atomic E-state index is 13.6. The Morgan fingerprint density at radius 3 is 2.21 bits per heavy atom. The van der Waals surface area contributed by atoms with Gasteiger partial charge in [-0.15, -0.1) is 5.10 Å². The molecule has 15 heteroatoms. The fraction of sp³-hybridized carbons (Fsp3) is 0.143. The standard InChI is InChI=1S/C28H16ClF6N5O3/c29-20-4-2-1-3-19(20)25(42)22-21(7-10-41)38-43-26(22)23-24(16-5-8-36-9-6-16)40(39-37-23)14-15-11-17(27(30,31)32)13-18(12-15)28(33,34)35/h1-6,8-13H,7,14H2. The third kappa shape index (κ3) is 6.04. The molecule has 0 fully saturated rings. The van der Waals surface area contributed by atoms with Gasteiger partial charge in [-0.05, 0) is 48.0 Å². The molecular weight excluding hydrogens is 604 g/mol. The molecule has 0 aliphatic rings. The molecular formula is C28H16ClF6N5O3. The second-order valence-electron chi connectivity index (χ2n) is 9.11. The predicted octanol–water partition coefficient (Wildman–Crippen LogP) is 6.71. The molecule has 8 nitrogen and oxygen atoms in total. The Morgan fingerprint density at radius 2 is 1.60 bits per heavy atom. The van der Waals surface area contributed by atoms with E-state index < -0.39 is 35.8 Å². The molecule has 0 aliphatic heterocycles. The zero-order chi connectivity index (χ0) is 30.9. The number of carbonyl (C=O) groups excluding carboxylic acids is 2. The van der Waals surface area contributed by atoms with Crippen LogP contribution in [0.2, 0.25) is 5.02 Å². The lowest BCUT2D eigenvalue weighted by Gasteiger charge is -2.15. The Morgan fingerprint density at radius 1 is 0.953 bits per heavy atom. The second kappa shape index (κ2) is 11.4. The van der Waals surface area contributed by atoms with E-state index in [-0.39, 0.29) is 57.0 Å². The summed E-state index contributed by atoms with van der Waals surface area (Å²) in [6.45, 7) is -0.583. The number of hydrogen-bond donors (Lipinski definition) is 0. The first kappa shape index (κ1) is 29.6. The van der Waals surface area contributed by atoms with Gasteiger partial charge in [0.25, 0.3) is 0 Å². The number of nitrogens with zero attached hydrogens (tertiary/aromatic N) is 5. The molecule has 0 atom stereocenters. The summed E-state index contributed by atoms with van der Waals surface area (Å²) in [6.07, 6.45) is -7.16. The van der Waals surface area contributed by atoms with E-state index in [4.69, 9.17) is 16.1 Å². The molecule has 220 valence electrons. The molecule has 0 radical (unpaired) electrons. The minimum atomic E-state index is -5.06. The largest absolute Gasteiger partial charge is 0.416 e. The van der Waals surface area contributed by atoms with Crippen molar-refractivity contribution in [3.8, 4) is 22.7 Å². The molecule has 0 unspecified atom stereocenters. The van der Waals surface area contributed by atoms with Crippen LogP contribution in [0.15, 0.2) is 71.5 Å². The van der Waals surface area contributed by atoms with Gasteiger partial charge in [-0.3, -0.25) is 9.78 Å². The molecule has 5 aromatic rings. The number of pyridine rings is 1. The van der Waals surface area contributed by atoms with E-state index in [1.807, 2.05) is 0 Å². The van der Waals surface area contributed by atoms with Gasteiger partial charge in [-0.2, -0.15) is 26.3 Å². The number of aromatic nitrogens is 5. The van der Waals surface area contributed by atoms with Crippen molar-refractivity contribution in [1.82, 2.24) is 25.1 Å². The van der Waals surface area contributed by atoms with Crippen LogP contribution in [-0.4, -0.2) is 37.2 Å². The quantitative estimate of drug-likeness (QED) is 0.108. The van der Waals surface area contributed by atoms with Crippen molar-refractivity contribution in [2.24, 2.45) is 0 Å².